The van der Waals surface area contributed by atoms with Crippen LogP contribution in [-0.2, 0) is 33.2 Å². The fourth-order valence-corrected chi connectivity index (χ4v) is 4.65. The molecule has 2 heterocycles. The van der Waals surface area contributed by atoms with E-state index in [4.69, 9.17) is 15.2 Å². The van der Waals surface area contributed by atoms with Gasteiger partial charge in [0.15, 0.2) is 5.79 Å². The van der Waals surface area contributed by atoms with Gasteiger partial charge >= 0.3 is 0 Å². The number of aromatic nitrogens is 2. The summed E-state index contributed by atoms with van der Waals surface area (Å²) >= 11 is 0. The maximum absolute atomic E-state index is 13.2. The topological polar surface area (TPSA) is 79.4 Å². The highest BCUT2D eigenvalue weighted by atomic mass is 32.2. The highest BCUT2D eigenvalue weighted by Crippen LogP contribution is 2.31. The number of hydrogen-bond donors (Lipinski definition) is 1. The molecule has 0 radical (unpaired) electrons. The lowest BCUT2D eigenvalue weighted by Gasteiger charge is -2.28. The van der Waals surface area contributed by atoms with E-state index in [0.717, 1.165) is 5.56 Å². The second kappa shape index (κ2) is 9.07. The Morgan fingerprint density at radius 3 is 2.67 bits per heavy atom. The van der Waals surface area contributed by atoms with Gasteiger partial charge in [-0.2, -0.15) is 0 Å². The lowest BCUT2D eigenvalue weighted by molar-refractivity contribution is -0.180. The Labute approximate surface area is 177 Å². The van der Waals surface area contributed by atoms with Gasteiger partial charge in [0, 0.05) is 29.4 Å². The minimum absolute atomic E-state index is 0.259. The summed E-state index contributed by atoms with van der Waals surface area (Å²) in [6.45, 7) is 0.831. The second-order valence-corrected chi connectivity index (χ2v) is 8.90. The second-order valence-electron chi connectivity index (χ2n) is 7.40. The number of nitrogens with zero attached hydrogens (tertiary/aromatic N) is 2. The molecule has 0 spiro atoms. The third-order valence-corrected chi connectivity index (χ3v) is 6.56. The van der Waals surface area contributed by atoms with Gasteiger partial charge in [-0.05, 0) is 48.4 Å². The number of aryl methyl sites for hydroxylation is 1. The predicted molar refractivity (Wildman–Crippen MR) is 113 cm³/mol. The molecule has 6 nitrogen and oxygen atoms in total. The van der Waals surface area contributed by atoms with Crippen LogP contribution < -0.4 is 5.73 Å². The molecule has 0 bridgehead atoms. The molecule has 0 amide bonds. The minimum Gasteiger partial charge on any atom is -0.399 e. The fraction of sp³-hybridized carbons (Fsp3) is 0.318. The van der Waals surface area contributed by atoms with Crippen LogP contribution in [0.2, 0.25) is 0 Å². The Morgan fingerprint density at radius 2 is 1.97 bits per heavy atom. The number of hydrogen-bond acceptors (Lipinski definition) is 5. The predicted octanol–water partition coefficient (Wildman–Crippen LogP) is 3.16. The number of halogens is 1. The van der Waals surface area contributed by atoms with Crippen LogP contribution in [-0.4, -0.2) is 38.0 Å². The fourth-order valence-electron chi connectivity index (χ4n) is 3.52. The van der Waals surface area contributed by atoms with E-state index in [1.807, 2.05) is 10.8 Å². The number of benzene rings is 2. The zero-order chi connectivity index (χ0) is 21.0. The summed E-state index contributed by atoms with van der Waals surface area (Å²) in [5, 5.41) is 0. The molecule has 3 aromatic rings. The molecule has 8 heteroatoms. The summed E-state index contributed by atoms with van der Waals surface area (Å²) in [7, 11) is -1.22. The van der Waals surface area contributed by atoms with Crippen LogP contribution in [0, 0.1) is 5.82 Å². The van der Waals surface area contributed by atoms with Crippen LogP contribution in [0.3, 0.4) is 0 Å². The summed E-state index contributed by atoms with van der Waals surface area (Å²) in [5.41, 5.74) is 7.35. The molecule has 4 rings (SSSR count). The van der Waals surface area contributed by atoms with Crippen molar-refractivity contribution >= 4 is 16.5 Å². The quantitative estimate of drug-likeness (QED) is 0.557. The molecule has 30 heavy (non-hydrogen) atoms. The van der Waals surface area contributed by atoms with Crippen molar-refractivity contribution in [3.05, 3.63) is 78.6 Å². The van der Waals surface area contributed by atoms with E-state index in [1.54, 1.807) is 48.9 Å². The van der Waals surface area contributed by atoms with Crippen LogP contribution in [0.15, 0.2) is 72.1 Å². The maximum atomic E-state index is 13.2. The Bertz CT molecular complexity index is 980. The van der Waals surface area contributed by atoms with E-state index in [1.165, 1.54) is 12.1 Å². The van der Waals surface area contributed by atoms with Crippen molar-refractivity contribution < 1.29 is 18.1 Å². The molecule has 0 saturated carbocycles. The first kappa shape index (κ1) is 20.7. The molecular weight excluding hydrogens is 405 g/mol. The molecule has 0 aliphatic carbocycles. The van der Waals surface area contributed by atoms with Crippen molar-refractivity contribution in [2.45, 2.75) is 36.2 Å². The van der Waals surface area contributed by atoms with Gasteiger partial charge in [0.05, 0.1) is 42.1 Å². The lowest BCUT2D eigenvalue weighted by Crippen LogP contribution is -2.37. The van der Waals surface area contributed by atoms with Crippen molar-refractivity contribution in [3.63, 3.8) is 0 Å². The summed E-state index contributed by atoms with van der Waals surface area (Å²) < 4.78 is 40.3. The van der Waals surface area contributed by atoms with Crippen LogP contribution >= 0.6 is 0 Å². The first-order valence-corrected chi connectivity index (χ1v) is 11.1. The maximum Gasteiger partial charge on any atom is 0.187 e. The third-order valence-electron chi connectivity index (χ3n) is 5.08. The van der Waals surface area contributed by atoms with E-state index in [-0.39, 0.29) is 11.9 Å². The molecule has 2 N–H and O–H groups in total. The number of imidazole rings is 1. The van der Waals surface area contributed by atoms with Gasteiger partial charge in [-0.1, -0.05) is 12.1 Å². The van der Waals surface area contributed by atoms with E-state index in [2.05, 4.69) is 4.98 Å². The molecule has 1 fully saturated rings. The normalized spacial score (nSPS) is 22.2. The minimum atomic E-state index is -1.22. The van der Waals surface area contributed by atoms with Gasteiger partial charge in [0.2, 0.25) is 0 Å². The molecule has 1 aliphatic heterocycles. The van der Waals surface area contributed by atoms with Crippen LogP contribution in [0.4, 0.5) is 10.1 Å². The average Bonchev–Trinajstić information content (AvgIpc) is 3.39. The highest BCUT2D eigenvalue weighted by molar-refractivity contribution is 7.85. The molecule has 3 atom stereocenters. The molecule has 1 aliphatic rings. The summed E-state index contributed by atoms with van der Waals surface area (Å²) in [5.74, 6) is -0.775. The summed E-state index contributed by atoms with van der Waals surface area (Å²) in [4.78, 5) is 4.80. The van der Waals surface area contributed by atoms with Crippen LogP contribution in [0.25, 0.3) is 0 Å². The average molecular weight is 430 g/mol. The number of nitrogens with two attached hydrogens (primary N) is 1. The molecule has 158 valence electrons. The van der Waals surface area contributed by atoms with E-state index >= 15 is 0 Å². The molecule has 1 saturated heterocycles. The van der Waals surface area contributed by atoms with Gasteiger partial charge in [-0.15, -0.1) is 0 Å². The van der Waals surface area contributed by atoms with E-state index < -0.39 is 16.6 Å². The molecular formula is C22H24FN3O3S. The summed E-state index contributed by atoms with van der Waals surface area (Å²) in [6, 6.07) is 13.5. The van der Waals surface area contributed by atoms with Crippen molar-refractivity contribution in [2.75, 3.05) is 18.1 Å². The SMILES string of the molecule is Nc1ccc(S(=O)CC2COC(CCc3ccc(F)cc3)(Cn3ccnc3)O2)cc1. The lowest BCUT2D eigenvalue weighted by atomic mass is 10.0. The first-order chi connectivity index (χ1) is 14.5. The zero-order valence-corrected chi connectivity index (χ0v) is 17.3. The first-order valence-electron chi connectivity index (χ1n) is 9.77. The number of nitrogen functional groups attached to an aromatic ring is 1. The Morgan fingerprint density at radius 1 is 1.20 bits per heavy atom. The van der Waals surface area contributed by atoms with E-state index in [9.17, 15) is 8.60 Å². The molecule has 1 aromatic heterocycles. The number of rotatable bonds is 8. The van der Waals surface area contributed by atoms with Gasteiger partial charge in [0.25, 0.3) is 0 Å². The Hall–Kier alpha value is -2.55. The monoisotopic (exact) mass is 429 g/mol. The number of ether oxygens (including phenoxy) is 2. The Kier molecular flexibility index (Phi) is 6.26. The van der Waals surface area contributed by atoms with E-state index in [0.29, 0.717) is 42.3 Å². The van der Waals surface area contributed by atoms with Gasteiger partial charge in [-0.3, -0.25) is 4.21 Å². The standard InChI is InChI=1S/C22H24FN3O3S/c23-18-3-1-17(2-4-18)9-10-22(15-26-12-11-25-16-26)28-13-20(29-22)14-30(27)21-7-5-19(24)6-8-21/h1-8,11-12,16,20H,9-10,13-15,24H2. The number of anilines is 1. The van der Waals surface area contributed by atoms with Gasteiger partial charge in [-0.25, -0.2) is 9.37 Å². The van der Waals surface area contributed by atoms with Crippen LogP contribution in [0.5, 0.6) is 0 Å². The van der Waals surface area contributed by atoms with Gasteiger partial charge < -0.3 is 19.8 Å². The smallest absolute Gasteiger partial charge is 0.187 e. The summed E-state index contributed by atoms with van der Waals surface area (Å²) in [6.07, 6.45) is 6.24. The van der Waals surface area contributed by atoms with Crippen molar-refractivity contribution in [3.8, 4) is 0 Å². The van der Waals surface area contributed by atoms with Crippen molar-refractivity contribution in [1.82, 2.24) is 9.55 Å². The molecule has 2 aromatic carbocycles. The zero-order valence-electron chi connectivity index (χ0n) is 16.4. The van der Waals surface area contributed by atoms with Crippen molar-refractivity contribution in [2.24, 2.45) is 0 Å². The molecule has 3 unspecified atom stereocenters. The van der Waals surface area contributed by atoms with Crippen LogP contribution in [0.1, 0.15) is 12.0 Å². The van der Waals surface area contributed by atoms with Gasteiger partial charge in [0.1, 0.15) is 5.82 Å². The largest absolute Gasteiger partial charge is 0.399 e. The van der Waals surface area contributed by atoms with Crippen molar-refractivity contribution in [1.29, 1.82) is 0 Å². The third kappa shape index (κ3) is 5.13. The Balaban J connectivity index is 1.44. The highest BCUT2D eigenvalue weighted by Gasteiger charge is 2.42.